The van der Waals surface area contributed by atoms with Crippen LogP contribution >= 0.6 is 11.8 Å². The van der Waals surface area contributed by atoms with E-state index in [-0.39, 0.29) is 34.6 Å². The van der Waals surface area contributed by atoms with Crippen molar-refractivity contribution in [1.82, 2.24) is 9.80 Å². The predicted octanol–water partition coefficient (Wildman–Crippen LogP) is 4.21. The number of amides is 3. The minimum atomic E-state index is -0.551. The molecule has 2 aliphatic rings. The molecular weight excluding hydrogens is 434 g/mol. The smallest absolute Gasteiger partial charge is 0.294 e. The number of carbonyl (C=O) groups excluding carboxylic acids is 3. The van der Waals surface area contributed by atoms with Crippen molar-refractivity contribution in [2.24, 2.45) is 0 Å². The van der Waals surface area contributed by atoms with Gasteiger partial charge in [0.05, 0.1) is 15.4 Å². The van der Waals surface area contributed by atoms with Crippen LogP contribution in [0, 0.1) is 17.0 Å². The van der Waals surface area contributed by atoms with Gasteiger partial charge >= 0.3 is 0 Å². The van der Waals surface area contributed by atoms with Gasteiger partial charge in [0.1, 0.15) is 18.1 Å². The second-order valence-electron chi connectivity index (χ2n) is 7.69. The molecule has 4 rings (SSSR count). The molecule has 2 fully saturated rings. The number of nitro groups is 1. The minimum absolute atomic E-state index is 0.0811. The Morgan fingerprint density at radius 3 is 2.66 bits per heavy atom. The summed E-state index contributed by atoms with van der Waals surface area (Å²) >= 11 is 0.740. The van der Waals surface area contributed by atoms with Gasteiger partial charge in [-0.1, -0.05) is 6.07 Å². The molecule has 10 heteroatoms. The highest BCUT2D eigenvalue weighted by Crippen LogP contribution is 2.35. The Hall–Kier alpha value is -3.40. The summed E-state index contributed by atoms with van der Waals surface area (Å²) < 4.78 is 5.71. The predicted molar refractivity (Wildman–Crippen MR) is 119 cm³/mol. The first-order valence-corrected chi connectivity index (χ1v) is 11.0. The third-order valence-electron chi connectivity index (χ3n) is 5.39. The normalized spacial score (nSPS) is 18.0. The van der Waals surface area contributed by atoms with E-state index in [4.69, 9.17) is 4.42 Å². The van der Waals surface area contributed by atoms with E-state index in [2.05, 4.69) is 0 Å². The third-order valence-corrected chi connectivity index (χ3v) is 6.30. The van der Waals surface area contributed by atoms with E-state index in [1.54, 1.807) is 36.1 Å². The molecule has 2 aromatic rings. The van der Waals surface area contributed by atoms with E-state index in [9.17, 15) is 24.5 Å². The molecule has 0 atom stereocenters. The van der Waals surface area contributed by atoms with E-state index < -0.39 is 16.1 Å². The molecule has 166 valence electrons. The van der Waals surface area contributed by atoms with Crippen LogP contribution in [0.3, 0.4) is 0 Å². The van der Waals surface area contributed by atoms with E-state index in [0.717, 1.165) is 41.5 Å². The van der Waals surface area contributed by atoms with Crippen molar-refractivity contribution < 1.29 is 23.7 Å². The van der Waals surface area contributed by atoms with Crippen LogP contribution in [-0.4, -0.2) is 51.4 Å². The number of benzene rings is 1. The van der Waals surface area contributed by atoms with Crippen LogP contribution in [0.4, 0.5) is 10.5 Å². The Morgan fingerprint density at radius 2 is 1.94 bits per heavy atom. The van der Waals surface area contributed by atoms with Gasteiger partial charge in [-0.05, 0) is 61.7 Å². The molecule has 0 aliphatic carbocycles. The first-order valence-electron chi connectivity index (χ1n) is 10.2. The fourth-order valence-corrected chi connectivity index (χ4v) is 4.54. The van der Waals surface area contributed by atoms with E-state index in [1.165, 1.54) is 12.1 Å². The van der Waals surface area contributed by atoms with Crippen LogP contribution in [0.1, 0.15) is 30.6 Å². The first kappa shape index (κ1) is 21.8. The summed E-state index contributed by atoms with van der Waals surface area (Å²) in [5.41, 5.74) is 0.989. The molecule has 32 heavy (non-hydrogen) atoms. The van der Waals surface area contributed by atoms with Gasteiger partial charge < -0.3 is 9.32 Å². The SMILES string of the molecule is Cc1ccc(-c2ccc(/C=C3/SC(=O)N(CC(=O)N4CCCCC4)C3=O)o2)c([N+](=O)[O-])c1. The molecule has 0 saturated carbocycles. The molecule has 2 aliphatic heterocycles. The van der Waals surface area contributed by atoms with E-state index in [0.29, 0.717) is 18.7 Å². The van der Waals surface area contributed by atoms with E-state index >= 15 is 0 Å². The number of rotatable bonds is 5. The number of aryl methyl sites for hydroxylation is 1. The lowest BCUT2D eigenvalue weighted by Crippen LogP contribution is -2.44. The van der Waals surface area contributed by atoms with Gasteiger partial charge in [-0.25, -0.2) is 0 Å². The second-order valence-corrected chi connectivity index (χ2v) is 8.68. The van der Waals surface area contributed by atoms with Crippen molar-refractivity contribution in [1.29, 1.82) is 0 Å². The summed E-state index contributed by atoms with van der Waals surface area (Å²) in [5, 5.41) is 10.9. The maximum Gasteiger partial charge on any atom is 0.294 e. The summed E-state index contributed by atoms with van der Waals surface area (Å²) in [7, 11) is 0. The van der Waals surface area contributed by atoms with Gasteiger partial charge in [-0.15, -0.1) is 0 Å². The van der Waals surface area contributed by atoms with Crippen LogP contribution in [0.15, 0.2) is 39.7 Å². The highest BCUT2D eigenvalue weighted by atomic mass is 32.2. The first-order chi connectivity index (χ1) is 15.3. The van der Waals surface area contributed by atoms with Crippen LogP contribution in [0.5, 0.6) is 0 Å². The monoisotopic (exact) mass is 455 g/mol. The number of imide groups is 1. The summed E-state index contributed by atoms with van der Waals surface area (Å²) in [5.74, 6) is -0.227. The minimum Gasteiger partial charge on any atom is -0.456 e. The fourth-order valence-electron chi connectivity index (χ4n) is 3.72. The quantitative estimate of drug-likeness (QED) is 0.377. The van der Waals surface area contributed by atoms with Gasteiger partial charge in [0.15, 0.2) is 0 Å². The number of hydrogen-bond acceptors (Lipinski definition) is 7. The topological polar surface area (TPSA) is 114 Å². The number of likely N-dealkylation sites (tertiary alicyclic amines) is 1. The van der Waals surface area contributed by atoms with Crippen molar-refractivity contribution in [2.45, 2.75) is 26.2 Å². The molecule has 0 spiro atoms. The van der Waals surface area contributed by atoms with Crippen molar-refractivity contribution in [3.8, 4) is 11.3 Å². The van der Waals surface area contributed by atoms with Crippen LogP contribution in [0.25, 0.3) is 17.4 Å². The Labute approximate surface area is 188 Å². The average Bonchev–Trinajstić information content (AvgIpc) is 3.34. The van der Waals surface area contributed by atoms with Crippen molar-refractivity contribution in [2.75, 3.05) is 19.6 Å². The molecular formula is C22H21N3O6S. The fraction of sp³-hybridized carbons (Fsp3) is 0.318. The van der Waals surface area contributed by atoms with Crippen LogP contribution in [0.2, 0.25) is 0 Å². The van der Waals surface area contributed by atoms with Crippen molar-refractivity contribution in [3.05, 3.63) is 56.7 Å². The van der Waals surface area contributed by atoms with Crippen molar-refractivity contribution >= 4 is 40.6 Å². The number of hydrogen-bond donors (Lipinski definition) is 0. The van der Waals surface area contributed by atoms with Gasteiger partial charge in [0, 0.05) is 25.2 Å². The van der Waals surface area contributed by atoms with Crippen LogP contribution < -0.4 is 0 Å². The molecule has 1 aromatic carbocycles. The molecule has 3 heterocycles. The summed E-state index contributed by atoms with van der Waals surface area (Å²) in [6.45, 7) is 2.77. The highest BCUT2D eigenvalue weighted by molar-refractivity contribution is 8.18. The molecule has 0 radical (unpaired) electrons. The van der Waals surface area contributed by atoms with Gasteiger partial charge in [-0.3, -0.25) is 29.4 Å². The number of nitrogens with zero attached hydrogens (tertiary/aromatic N) is 3. The molecule has 9 nitrogen and oxygen atoms in total. The molecule has 0 bridgehead atoms. The summed E-state index contributed by atoms with van der Waals surface area (Å²) in [6.07, 6.45) is 4.34. The highest BCUT2D eigenvalue weighted by Gasteiger charge is 2.37. The molecule has 2 saturated heterocycles. The zero-order valence-electron chi connectivity index (χ0n) is 17.4. The molecule has 0 unspecified atom stereocenters. The maximum atomic E-state index is 12.7. The number of nitro benzene ring substituents is 1. The maximum absolute atomic E-state index is 12.7. The summed E-state index contributed by atoms with van der Waals surface area (Å²) in [6, 6.07) is 7.97. The van der Waals surface area contributed by atoms with Crippen LogP contribution in [-0.2, 0) is 9.59 Å². The van der Waals surface area contributed by atoms with E-state index in [1.807, 2.05) is 0 Å². The van der Waals surface area contributed by atoms with Gasteiger partial charge in [0.2, 0.25) is 5.91 Å². The molecule has 1 aromatic heterocycles. The second kappa shape index (κ2) is 8.99. The average molecular weight is 455 g/mol. The lowest BCUT2D eigenvalue weighted by atomic mass is 10.1. The number of furan rings is 1. The Balaban J connectivity index is 1.51. The Bertz CT molecular complexity index is 1130. The zero-order chi connectivity index (χ0) is 22.8. The standard InChI is InChI=1S/C22H21N3O6S/c1-14-5-7-16(17(11-14)25(29)30)18-8-6-15(31-18)12-19-21(27)24(22(28)32-19)13-20(26)23-9-3-2-4-10-23/h5-8,11-12H,2-4,9-10,13H2,1H3/b19-12+. The van der Waals surface area contributed by atoms with Gasteiger partial charge in [0.25, 0.3) is 16.8 Å². The largest absolute Gasteiger partial charge is 0.456 e. The molecule has 0 N–H and O–H groups in total. The number of carbonyl (C=O) groups is 3. The lowest BCUT2D eigenvalue weighted by Gasteiger charge is -2.27. The Morgan fingerprint density at radius 1 is 1.19 bits per heavy atom. The number of thioether (sulfide) groups is 1. The van der Waals surface area contributed by atoms with Gasteiger partial charge in [-0.2, -0.15) is 0 Å². The Kier molecular flexibility index (Phi) is 6.13. The van der Waals surface area contributed by atoms with Crippen molar-refractivity contribution in [3.63, 3.8) is 0 Å². The molecule has 3 amide bonds. The summed E-state index contributed by atoms with van der Waals surface area (Å²) in [4.78, 5) is 51.2. The lowest BCUT2D eigenvalue weighted by molar-refractivity contribution is -0.384. The number of piperidine rings is 1. The zero-order valence-corrected chi connectivity index (χ0v) is 18.2. The third kappa shape index (κ3) is 4.45.